The van der Waals surface area contributed by atoms with Crippen molar-refractivity contribution >= 4 is 12.0 Å². The van der Waals surface area contributed by atoms with Crippen LogP contribution in [0.15, 0.2) is 91.0 Å². The molecule has 0 bridgehead atoms. The van der Waals surface area contributed by atoms with Crippen LogP contribution in [0.25, 0.3) is 0 Å². The van der Waals surface area contributed by atoms with Crippen LogP contribution in [0.5, 0.6) is 0 Å². The van der Waals surface area contributed by atoms with Gasteiger partial charge in [0.05, 0.1) is 26.4 Å². The van der Waals surface area contributed by atoms with Crippen molar-refractivity contribution in [2.45, 2.75) is 63.8 Å². The van der Waals surface area contributed by atoms with E-state index >= 15 is 0 Å². The lowest BCUT2D eigenvalue weighted by Gasteiger charge is -2.45. The Bertz CT molecular complexity index is 1230. The molecule has 3 aromatic carbocycles. The fourth-order valence-corrected chi connectivity index (χ4v) is 4.75. The molecule has 10 heteroatoms. The zero-order valence-corrected chi connectivity index (χ0v) is 24.3. The Balaban J connectivity index is 1.38. The van der Waals surface area contributed by atoms with Gasteiger partial charge in [-0.15, -0.1) is 0 Å². The van der Waals surface area contributed by atoms with E-state index in [2.05, 4.69) is 10.6 Å². The summed E-state index contributed by atoms with van der Waals surface area (Å²) in [6.07, 6.45) is -3.17. The Hall–Kier alpha value is -3.80. The number of alkyl carbamates (subject to hydrolysis) is 1. The molecule has 43 heavy (non-hydrogen) atoms. The molecule has 3 N–H and O–H groups in total. The maximum atomic E-state index is 12.3. The van der Waals surface area contributed by atoms with Crippen molar-refractivity contribution in [1.82, 2.24) is 10.6 Å². The van der Waals surface area contributed by atoms with Crippen molar-refractivity contribution in [2.24, 2.45) is 0 Å². The molecule has 0 radical (unpaired) electrons. The van der Waals surface area contributed by atoms with E-state index in [1.54, 1.807) is 0 Å². The zero-order chi connectivity index (χ0) is 30.3. The third-order valence-electron chi connectivity index (χ3n) is 6.85. The molecule has 0 aliphatic carbocycles. The van der Waals surface area contributed by atoms with E-state index < -0.39 is 36.7 Å². The molecule has 2 amide bonds. The molecule has 0 aromatic heterocycles. The van der Waals surface area contributed by atoms with E-state index in [0.29, 0.717) is 13.0 Å². The number of aliphatic hydroxyl groups is 1. The summed E-state index contributed by atoms with van der Waals surface area (Å²) in [6.45, 7) is 2.29. The van der Waals surface area contributed by atoms with E-state index in [1.165, 1.54) is 6.92 Å². The lowest BCUT2D eigenvalue weighted by atomic mass is 9.96. The van der Waals surface area contributed by atoms with Crippen LogP contribution in [0, 0.1) is 0 Å². The highest BCUT2D eigenvalue weighted by atomic mass is 16.7. The average Bonchev–Trinajstić information content (AvgIpc) is 3.03. The van der Waals surface area contributed by atoms with Gasteiger partial charge in [-0.2, -0.15) is 0 Å². The fourth-order valence-electron chi connectivity index (χ4n) is 4.75. The second-order valence-corrected chi connectivity index (χ2v) is 10.2. The van der Waals surface area contributed by atoms with Crippen molar-refractivity contribution in [3.05, 3.63) is 108 Å². The van der Waals surface area contributed by atoms with Gasteiger partial charge >= 0.3 is 6.09 Å². The Morgan fingerprint density at radius 1 is 0.767 bits per heavy atom. The van der Waals surface area contributed by atoms with Crippen LogP contribution in [0.3, 0.4) is 0 Å². The lowest BCUT2D eigenvalue weighted by Crippen LogP contribution is -2.66. The molecule has 4 rings (SSSR count). The quantitative estimate of drug-likeness (QED) is 0.228. The van der Waals surface area contributed by atoms with E-state index in [0.717, 1.165) is 16.7 Å². The molecule has 3 aromatic rings. The first kappa shape index (κ1) is 32.1. The summed E-state index contributed by atoms with van der Waals surface area (Å²) < 4.78 is 30.1. The first-order valence-corrected chi connectivity index (χ1v) is 14.4. The van der Waals surface area contributed by atoms with Gasteiger partial charge in [0, 0.05) is 13.5 Å². The highest BCUT2D eigenvalue weighted by Gasteiger charge is 2.48. The maximum Gasteiger partial charge on any atom is 0.407 e. The van der Waals surface area contributed by atoms with Gasteiger partial charge in [-0.05, 0) is 23.1 Å². The minimum absolute atomic E-state index is 0.178. The highest BCUT2D eigenvalue weighted by molar-refractivity contribution is 5.73. The Kier molecular flexibility index (Phi) is 13.0. The SMILES string of the molecule is CC(=O)N[C@@H]1[C@@H](OCCCNC(=O)OCc2ccccc2)O[C@H](CO)[C@@H](OCc2ccccc2)[C@@H]1OCc1ccccc1. The molecule has 0 unspecified atom stereocenters. The predicted molar refractivity (Wildman–Crippen MR) is 159 cm³/mol. The van der Waals surface area contributed by atoms with E-state index in [1.807, 2.05) is 91.0 Å². The average molecular weight is 593 g/mol. The fraction of sp³-hybridized carbons (Fsp3) is 0.394. The van der Waals surface area contributed by atoms with Crippen LogP contribution in [-0.4, -0.2) is 67.5 Å². The standard InChI is InChI=1S/C33H40N2O8/c1-24(37)35-29-31(41-22-26-14-7-3-8-15-26)30(40-21-25-12-5-2-6-13-25)28(20-36)43-32(29)39-19-11-18-34-33(38)42-23-27-16-9-4-10-17-27/h2-10,12-17,28-32,36H,11,18-23H2,1H3,(H,34,38)(H,35,37)/t28-,29+,30-,31-,32+/m1/s1. The van der Waals surface area contributed by atoms with Crippen molar-refractivity contribution in [1.29, 1.82) is 0 Å². The number of carbonyl (C=O) groups is 2. The summed E-state index contributed by atoms with van der Waals surface area (Å²) in [6, 6.07) is 28.0. The van der Waals surface area contributed by atoms with Gasteiger partial charge in [-0.1, -0.05) is 91.0 Å². The molecule has 1 fully saturated rings. The minimum atomic E-state index is -0.927. The van der Waals surface area contributed by atoms with Crippen molar-refractivity contribution in [3.63, 3.8) is 0 Å². The summed E-state index contributed by atoms with van der Waals surface area (Å²) in [7, 11) is 0. The number of rotatable bonds is 15. The largest absolute Gasteiger partial charge is 0.445 e. The van der Waals surface area contributed by atoms with Gasteiger partial charge in [0.1, 0.15) is 31.0 Å². The number of aliphatic hydroxyl groups excluding tert-OH is 1. The molecule has 1 heterocycles. The van der Waals surface area contributed by atoms with Crippen molar-refractivity contribution < 1.29 is 38.4 Å². The molecule has 10 nitrogen and oxygen atoms in total. The van der Waals surface area contributed by atoms with Crippen LogP contribution in [-0.2, 0) is 48.3 Å². The van der Waals surface area contributed by atoms with Crippen molar-refractivity contribution in [3.8, 4) is 0 Å². The molecule has 1 aliphatic heterocycles. The topological polar surface area (TPSA) is 125 Å². The number of amides is 2. The number of hydrogen-bond acceptors (Lipinski definition) is 8. The molecule has 1 aliphatic rings. The van der Waals surface area contributed by atoms with Crippen molar-refractivity contribution in [2.75, 3.05) is 19.8 Å². The molecule has 0 saturated carbocycles. The lowest BCUT2D eigenvalue weighted by molar-refractivity contribution is -0.288. The smallest absolute Gasteiger partial charge is 0.407 e. The third kappa shape index (κ3) is 10.5. The van der Waals surface area contributed by atoms with Crippen LogP contribution in [0.2, 0.25) is 0 Å². The normalized spacial score (nSPS) is 21.6. The Morgan fingerprint density at radius 2 is 1.30 bits per heavy atom. The molecule has 230 valence electrons. The van der Waals surface area contributed by atoms with Gasteiger partial charge in [0.15, 0.2) is 6.29 Å². The van der Waals surface area contributed by atoms with Crippen LogP contribution in [0.1, 0.15) is 30.0 Å². The van der Waals surface area contributed by atoms with E-state index in [-0.39, 0.29) is 38.9 Å². The maximum absolute atomic E-state index is 12.3. The number of hydrogen-bond donors (Lipinski definition) is 3. The third-order valence-corrected chi connectivity index (χ3v) is 6.85. The molecule has 5 atom stereocenters. The van der Waals surface area contributed by atoms with Gasteiger partial charge in [-0.3, -0.25) is 4.79 Å². The van der Waals surface area contributed by atoms with Gasteiger partial charge in [0.2, 0.25) is 5.91 Å². The summed E-state index contributed by atoms with van der Waals surface area (Å²) in [5.41, 5.74) is 2.79. The second kappa shape index (κ2) is 17.3. The predicted octanol–water partition coefficient (Wildman–Crippen LogP) is 3.71. The zero-order valence-electron chi connectivity index (χ0n) is 24.3. The molecular formula is C33H40N2O8. The second-order valence-electron chi connectivity index (χ2n) is 10.2. The van der Waals surface area contributed by atoms with E-state index in [4.69, 9.17) is 23.7 Å². The van der Waals surface area contributed by atoms with Gasteiger partial charge < -0.3 is 39.4 Å². The summed E-state index contributed by atoms with van der Waals surface area (Å²) in [4.78, 5) is 24.4. The number of ether oxygens (including phenoxy) is 5. The molecular weight excluding hydrogens is 552 g/mol. The molecule has 1 saturated heterocycles. The summed E-state index contributed by atoms with van der Waals surface area (Å²) >= 11 is 0. The van der Waals surface area contributed by atoms with Crippen LogP contribution in [0.4, 0.5) is 4.79 Å². The minimum Gasteiger partial charge on any atom is -0.445 e. The van der Waals surface area contributed by atoms with Crippen LogP contribution >= 0.6 is 0 Å². The number of carbonyl (C=O) groups excluding carboxylic acids is 2. The number of benzene rings is 3. The number of nitrogens with one attached hydrogen (secondary N) is 2. The summed E-state index contributed by atoms with van der Waals surface area (Å²) in [5, 5.41) is 15.9. The molecule has 0 spiro atoms. The summed E-state index contributed by atoms with van der Waals surface area (Å²) in [5.74, 6) is -0.289. The Morgan fingerprint density at radius 3 is 1.84 bits per heavy atom. The first-order chi connectivity index (χ1) is 21.0. The van der Waals surface area contributed by atoms with E-state index in [9.17, 15) is 14.7 Å². The monoisotopic (exact) mass is 592 g/mol. The van der Waals surface area contributed by atoms with Gasteiger partial charge in [-0.25, -0.2) is 4.79 Å². The first-order valence-electron chi connectivity index (χ1n) is 14.4. The van der Waals surface area contributed by atoms with Crippen LogP contribution < -0.4 is 10.6 Å². The Labute approximate surface area is 252 Å². The van der Waals surface area contributed by atoms with Gasteiger partial charge in [0.25, 0.3) is 0 Å². The highest BCUT2D eigenvalue weighted by Crippen LogP contribution is 2.28.